The number of nitrogens with zero attached hydrogens (tertiary/aromatic N) is 3. The summed E-state index contributed by atoms with van der Waals surface area (Å²) < 4.78 is 10.6. The van der Waals surface area contributed by atoms with Gasteiger partial charge >= 0.3 is 6.01 Å². The van der Waals surface area contributed by atoms with Gasteiger partial charge in [0.25, 0.3) is 5.91 Å². The summed E-state index contributed by atoms with van der Waals surface area (Å²) in [6.07, 6.45) is 0. The minimum atomic E-state index is -0.291. The van der Waals surface area contributed by atoms with E-state index in [9.17, 15) is 4.79 Å². The Morgan fingerprint density at radius 3 is 2.67 bits per heavy atom. The van der Waals surface area contributed by atoms with Gasteiger partial charge in [-0.1, -0.05) is 23.3 Å². The van der Waals surface area contributed by atoms with Gasteiger partial charge < -0.3 is 14.5 Å². The molecule has 1 aliphatic rings. The van der Waals surface area contributed by atoms with Gasteiger partial charge in [-0.05, 0) is 30.3 Å². The molecule has 4 rings (SSSR count). The van der Waals surface area contributed by atoms with Gasteiger partial charge in [0, 0.05) is 11.1 Å². The van der Waals surface area contributed by atoms with Gasteiger partial charge in [-0.15, -0.1) is 5.10 Å². The number of carbonyl (C=O) groups excluding carboxylic acids is 1. The van der Waals surface area contributed by atoms with Gasteiger partial charge in [0.2, 0.25) is 5.89 Å². The smallest absolute Gasteiger partial charge is 0.343 e. The second-order valence-electron chi connectivity index (χ2n) is 5.08. The summed E-state index contributed by atoms with van der Waals surface area (Å²) in [6.45, 7) is 0. The van der Waals surface area contributed by atoms with Crippen LogP contribution in [0, 0.1) is 0 Å². The highest BCUT2D eigenvalue weighted by Gasteiger charge is 2.26. The van der Waals surface area contributed by atoms with Crippen LogP contribution in [0.5, 0.6) is 5.75 Å². The topological polar surface area (TPSA) is 89.6 Å². The van der Waals surface area contributed by atoms with Gasteiger partial charge in [-0.25, -0.2) is 0 Å². The number of benzene rings is 2. The van der Waals surface area contributed by atoms with E-state index in [1.165, 1.54) is 0 Å². The molecule has 3 aromatic rings. The molecule has 0 atom stereocenters. The van der Waals surface area contributed by atoms with Crippen LogP contribution in [0.15, 0.2) is 57.9 Å². The molecule has 2 heterocycles. The molecule has 0 radical (unpaired) electrons. The molecule has 7 heteroatoms. The van der Waals surface area contributed by atoms with Crippen molar-refractivity contribution in [1.82, 2.24) is 10.2 Å². The predicted molar refractivity (Wildman–Crippen MR) is 87.6 cm³/mol. The molecule has 24 heavy (non-hydrogen) atoms. The summed E-state index contributed by atoms with van der Waals surface area (Å²) >= 11 is 0. The molecule has 0 saturated carbocycles. The van der Waals surface area contributed by atoms with Crippen LogP contribution in [-0.4, -0.2) is 28.9 Å². The summed E-state index contributed by atoms with van der Waals surface area (Å²) in [5, 5.41) is 10.6. The lowest BCUT2D eigenvalue weighted by Crippen LogP contribution is -2.13. The second-order valence-corrected chi connectivity index (χ2v) is 5.08. The van der Waals surface area contributed by atoms with Gasteiger partial charge in [-0.3, -0.25) is 4.79 Å². The van der Waals surface area contributed by atoms with Crippen molar-refractivity contribution in [2.24, 2.45) is 4.99 Å². The van der Waals surface area contributed by atoms with Crippen molar-refractivity contribution in [3.63, 3.8) is 0 Å². The standard InChI is InChI=1S/C17H12N4O3/c1-23-11-8-6-10(7-9-11)16-20-21-17(24-16)19-14-12-4-2-3-5-13(12)18-15(14)22/h2-9H,1H3,(H,18,19,21,22). The lowest BCUT2D eigenvalue weighted by molar-refractivity contribution is -0.110. The fraction of sp³-hybridized carbons (Fsp3) is 0.0588. The summed E-state index contributed by atoms with van der Waals surface area (Å²) in [4.78, 5) is 16.2. The molecule has 1 N–H and O–H groups in total. The van der Waals surface area contributed by atoms with Gasteiger partial charge in [0.15, 0.2) is 0 Å². The zero-order valence-electron chi connectivity index (χ0n) is 12.7. The number of hydrogen-bond donors (Lipinski definition) is 1. The Bertz CT molecular complexity index is 944. The van der Waals surface area contributed by atoms with Crippen molar-refractivity contribution >= 4 is 23.3 Å². The monoisotopic (exact) mass is 320 g/mol. The Balaban J connectivity index is 1.67. The molecule has 1 amide bonds. The highest BCUT2D eigenvalue weighted by atomic mass is 16.5. The minimum Gasteiger partial charge on any atom is -0.497 e. The van der Waals surface area contributed by atoms with E-state index in [1.54, 1.807) is 31.4 Å². The highest BCUT2D eigenvalue weighted by molar-refractivity contribution is 6.54. The number of para-hydroxylation sites is 1. The SMILES string of the molecule is COc1ccc(-c2nnc(/N=C3/C(=O)Nc4ccccc43)o2)cc1. The molecule has 1 aliphatic heterocycles. The number of ether oxygens (including phenoxy) is 1. The zero-order chi connectivity index (χ0) is 16.5. The molecule has 0 unspecified atom stereocenters. The van der Waals surface area contributed by atoms with Crippen LogP contribution >= 0.6 is 0 Å². The Morgan fingerprint density at radius 1 is 1.08 bits per heavy atom. The highest BCUT2D eigenvalue weighted by Crippen LogP contribution is 2.27. The number of hydrogen-bond acceptors (Lipinski definition) is 6. The predicted octanol–water partition coefficient (Wildman–Crippen LogP) is 2.82. The molecule has 0 saturated heterocycles. The maximum absolute atomic E-state index is 12.0. The lowest BCUT2D eigenvalue weighted by atomic mass is 10.1. The number of fused-ring (bicyclic) bond motifs is 1. The van der Waals surface area contributed by atoms with E-state index < -0.39 is 0 Å². The van der Waals surface area contributed by atoms with E-state index in [1.807, 2.05) is 24.3 Å². The molecule has 0 fully saturated rings. The van der Waals surface area contributed by atoms with E-state index in [4.69, 9.17) is 9.15 Å². The van der Waals surface area contributed by atoms with Crippen molar-refractivity contribution in [3.8, 4) is 17.2 Å². The quantitative estimate of drug-likeness (QED) is 0.801. The molecule has 0 bridgehead atoms. The van der Waals surface area contributed by atoms with Crippen LogP contribution in [0.25, 0.3) is 11.5 Å². The van der Waals surface area contributed by atoms with Crippen LogP contribution in [-0.2, 0) is 4.79 Å². The molecule has 0 spiro atoms. The number of carbonyl (C=O) groups is 1. The number of nitrogens with one attached hydrogen (secondary N) is 1. The number of amides is 1. The molecule has 2 aromatic carbocycles. The van der Waals surface area contributed by atoms with Crippen molar-refractivity contribution in [2.75, 3.05) is 12.4 Å². The third-order valence-electron chi connectivity index (χ3n) is 3.60. The summed E-state index contributed by atoms with van der Waals surface area (Å²) in [6, 6.07) is 14.5. The van der Waals surface area contributed by atoms with Crippen molar-refractivity contribution < 1.29 is 13.9 Å². The number of aliphatic imine (C=N–C) groups is 1. The number of rotatable bonds is 3. The minimum absolute atomic E-state index is 0.0303. The summed E-state index contributed by atoms with van der Waals surface area (Å²) in [5.41, 5.74) is 2.43. The number of anilines is 1. The number of methoxy groups -OCH3 is 1. The van der Waals surface area contributed by atoms with Crippen molar-refractivity contribution in [1.29, 1.82) is 0 Å². The van der Waals surface area contributed by atoms with E-state index >= 15 is 0 Å². The van der Waals surface area contributed by atoms with Gasteiger partial charge in [-0.2, -0.15) is 4.99 Å². The molecular formula is C17H12N4O3. The van der Waals surface area contributed by atoms with Gasteiger partial charge in [0.05, 0.1) is 12.8 Å². The first-order chi connectivity index (χ1) is 11.7. The van der Waals surface area contributed by atoms with E-state index in [-0.39, 0.29) is 17.6 Å². The molecule has 0 aliphatic carbocycles. The van der Waals surface area contributed by atoms with Crippen molar-refractivity contribution in [3.05, 3.63) is 54.1 Å². The molecular weight excluding hydrogens is 308 g/mol. The van der Waals surface area contributed by atoms with Gasteiger partial charge in [0.1, 0.15) is 11.5 Å². The maximum Gasteiger partial charge on any atom is 0.343 e. The van der Waals surface area contributed by atoms with Crippen molar-refractivity contribution in [2.45, 2.75) is 0 Å². The van der Waals surface area contributed by atoms with Crippen LogP contribution in [0.1, 0.15) is 5.56 Å². The summed E-state index contributed by atoms with van der Waals surface area (Å²) in [5.74, 6) is 0.766. The fourth-order valence-electron chi connectivity index (χ4n) is 2.42. The average Bonchev–Trinajstić information content (AvgIpc) is 3.21. The first-order valence-corrected chi connectivity index (χ1v) is 7.22. The maximum atomic E-state index is 12.0. The van der Waals surface area contributed by atoms with Crippen LogP contribution < -0.4 is 10.1 Å². The molecule has 118 valence electrons. The molecule has 1 aromatic heterocycles. The third-order valence-corrected chi connectivity index (χ3v) is 3.60. The number of aromatic nitrogens is 2. The van der Waals surface area contributed by atoms with E-state index in [0.29, 0.717) is 11.5 Å². The molecule has 7 nitrogen and oxygen atoms in total. The Kier molecular flexibility index (Phi) is 3.31. The fourth-order valence-corrected chi connectivity index (χ4v) is 2.42. The van der Waals surface area contributed by atoms with Crippen LogP contribution in [0.3, 0.4) is 0 Å². The first-order valence-electron chi connectivity index (χ1n) is 7.22. The van der Waals surface area contributed by atoms with E-state index in [2.05, 4.69) is 20.5 Å². The van der Waals surface area contributed by atoms with Crippen LogP contribution in [0.2, 0.25) is 0 Å². The zero-order valence-corrected chi connectivity index (χ0v) is 12.7. The Labute approximate surface area is 137 Å². The van der Waals surface area contributed by atoms with Crippen LogP contribution in [0.4, 0.5) is 11.7 Å². The average molecular weight is 320 g/mol. The largest absolute Gasteiger partial charge is 0.497 e. The Morgan fingerprint density at radius 2 is 1.88 bits per heavy atom. The second kappa shape index (κ2) is 5.62. The Hall–Kier alpha value is -3.48. The normalized spacial score (nSPS) is 14.5. The lowest BCUT2D eigenvalue weighted by Gasteiger charge is -1.99. The van der Waals surface area contributed by atoms with E-state index in [0.717, 1.165) is 17.0 Å². The first kappa shape index (κ1) is 14.1. The summed E-state index contributed by atoms with van der Waals surface area (Å²) in [7, 11) is 1.60. The third kappa shape index (κ3) is 2.41.